The van der Waals surface area contributed by atoms with Crippen LogP contribution < -0.4 is 15.5 Å². The third kappa shape index (κ3) is 4.25. The summed E-state index contributed by atoms with van der Waals surface area (Å²) in [6, 6.07) is 12.2. The highest BCUT2D eigenvalue weighted by atomic mass is 35.5. The molecule has 6 heteroatoms. The first-order valence-corrected chi connectivity index (χ1v) is 9.47. The molecule has 2 N–H and O–H groups in total. The predicted octanol–water partition coefficient (Wildman–Crippen LogP) is 4.38. The van der Waals surface area contributed by atoms with Gasteiger partial charge in [0.1, 0.15) is 6.04 Å². The van der Waals surface area contributed by atoms with Crippen LogP contribution in [0.3, 0.4) is 0 Å². The lowest BCUT2D eigenvalue weighted by Gasteiger charge is -2.27. The molecule has 0 aliphatic carbocycles. The minimum absolute atomic E-state index is 0.0439. The SMILES string of the molecule is Cc1ccc(NC(=O)NC(C(=O)N2CCc3ccccc32)C(C)C)cc1Cl. The van der Waals surface area contributed by atoms with Crippen molar-refractivity contribution in [2.24, 2.45) is 5.92 Å². The molecule has 142 valence electrons. The highest BCUT2D eigenvalue weighted by Gasteiger charge is 2.32. The summed E-state index contributed by atoms with van der Waals surface area (Å²) >= 11 is 6.11. The number of anilines is 2. The molecule has 0 radical (unpaired) electrons. The molecule has 1 heterocycles. The van der Waals surface area contributed by atoms with Crippen molar-refractivity contribution in [3.8, 4) is 0 Å². The summed E-state index contributed by atoms with van der Waals surface area (Å²) in [4.78, 5) is 27.3. The van der Waals surface area contributed by atoms with Crippen molar-refractivity contribution in [2.75, 3.05) is 16.8 Å². The highest BCUT2D eigenvalue weighted by Crippen LogP contribution is 2.28. The van der Waals surface area contributed by atoms with E-state index < -0.39 is 12.1 Å². The van der Waals surface area contributed by atoms with E-state index in [4.69, 9.17) is 11.6 Å². The van der Waals surface area contributed by atoms with Crippen molar-refractivity contribution in [3.05, 3.63) is 58.6 Å². The Morgan fingerprint density at radius 1 is 1.15 bits per heavy atom. The van der Waals surface area contributed by atoms with Crippen molar-refractivity contribution in [3.63, 3.8) is 0 Å². The van der Waals surface area contributed by atoms with Crippen molar-refractivity contribution in [1.82, 2.24) is 5.32 Å². The second-order valence-electron chi connectivity index (χ2n) is 7.15. The molecule has 2 aromatic rings. The third-order valence-electron chi connectivity index (χ3n) is 4.80. The monoisotopic (exact) mass is 385 g/mol. The maximum absolute atomic E-state index is 13.1. The lowest BCUT2D eigenvalue weighted by molar-refractivity contribution is -0.121. The van der Waals surface area contributed by atoms with Gasteiger partial charge in [-0.2, -0.15) is 0 Å². The standard InChI is InChI=1S/C21H24ClN3O2/c1-13(2)19(20(26)25-11-10-15-6-4-5-7-18(15)25)24-21(27)23-16-9-8-14(3)17(22)12-16/h4-9,12-13,19H,10-11H2,1-3H3,(H2,23,24,27). The minimum atomic E-state index is -0.614. The molecule has 0 saturated carbocycles. The molecule has 0 bridgehead atoms. The Morgan fingerprint density at radius 2 is 1.89 bits per heavy atom. The molecule has 0 fully saturated rings. The van der Waals surface area contributed by atoms with Crippen molar-refractivity contribution in [2.45, 2.75) is 33.2 Å². The Bertz CT molecular complexity index is 866. The third-order valence-corrected chi connectivity index (χ3v) is 5.21. The molecule has 1 aliphatic heterocycles. The van der Waals surface area contributed by atoms with Gasteiger partial charge in [0, 0.05) is 22.9 Å². The maximum atomic E-state index is 13.1. The Hall–Kier alpha value is -2.53. The first-order chi connectivity index (χ1) is 12.9. The number of urea groups is 1. The number of halogens is 1. The highest BCUT2D eigenvalue weighted by molar-refractivity contribution is 6.31. The first kappa shape index (κ1) is 19.2. The molecular weight excluding hydrogens is 362 g/mol. The number of carbonyl (C=O) groups is 2. The zero-order chi connectivity index (χ0) is 19.6. The van der Waals surface area contributed by atoms with Gasteiger partial charge in [0.05, 0.1) is 0 Å². The lowest BCUT2D eigenvalue weighted by Crippen LogP contribution is -2.52. The average molecular weight is 386 g/mol. The molecule has 0 aromatic heterocycles. The van der Waals surface area contributed by atoms with Crippen LogP contribution >= 0.6 is 11.6 Å². The molecule has 0 spiro atoms. The van der Waals surface area contributed by atoms with Crippen LogP contribution in [0.25, 0.3) is 0 Å². The Morgan fingerprint density at radius 3 is 2.59 bits per heavy atom. The summed E-state index contributed by atoms with van der Waals surface area (Å²) < 4.78 is 0. The number of para-hydroxylation sites is 1. The van der Waals surface area contributed by atoms with E-state index in [1.54, 1.807) is 17.0 Å². The van der Waals surface area contributed by atoms with Crippen LogP contribution in [-0.2, 0) is 11.2 Å². The second kappa shape index (κ2) is 8.01. The summed E-state index contributed by atoms with van der Waals surface area (Å²) in [6.07, 6.45) is 0.834. The van der Waals surface area contributed by atoms with Gasteiger partial charge in [-0.3, -0.25) is 4.79 Å². The molecule has 1 aliphatic rings. The van der Waals surface area contributed by atoms with E-state index in [1.807, 2.05) is 51.1 Å². The van der Waals surface area contributed by atoms with E-state index in [1.165, 1.54) is 0 Å². The normalized spacial score (nSPS) is 14.0. The number of aryl methyl sites for hydroxylation is 1. The average Bonchev–Trinajstić information content (AvgIpc) is 3.06. The van der Waals surface area contributed by atoms with Gasteiger partial charge in [0.2, 0.25) is 5.91 Å². The number of hydrogen-bond donors (Lipinski definition) is 2. The van der Waals surface area contributed by atoms with Crippen LogP contribution in [0.5, 0.6) is 0 Å². The van der Waals surface area contributed by atoms with Gasteiger partial charge in [-0.05, 0) is 48.6 Å². The number of nitrogens with zero attached hydrogens (tertiary/aromatic N) is 1. The van der Waals surface area contributed by atoms with Gasteiger partial charge in [-0.15, -0.1) is 0 Å². The lowest BCUT2D eigenvalue weighted by atomic mass is 10.0. The topological polar surface area (TPSA) is 61.4 Å². The molecule has 1 atom stereocenters. The van der Waals surface area contributed by atoms with E-state index >= 15 is 0 Å². The van der Waals surface area contributed by atoms with Gasteiger partial charge >= 0.3 is 6.03 Å². The number of fused-ring (bicyclic) bond motifs is 1. The maximum Gasteiger partial charge on any atom is 0.319 e. The number of carbonyl (C=O) groups excluding carboxylic acids is 2. The Labute approximate surface area is 164 Å². The van der Waals surface area contributed by atoms with E-state index in [9.17, 15) is 9.59 Å². The fraction of sp³-hybridized carbons (Fsp3) is 0.333. The van der Waals surface area contributed by atoms with Crippen molar-refractivity contribution < 1.29 is 9.59 Å². The van der Waals surface area contributed by atoms with Crippen LogP contribution in [0.4, 0.5) is 16.2 Å². The summed E-state index contributed by atoms with van der Waals surface area (Å²) in [6.45, 7) is 6.38. The summed E-state index contributed by atoms with van der Waals surface area (Å²) in [5, 5.41) is 6.16. The van der Waals surface area contributed by atoms with Gasteiger partial charge < -0.3 is 15.5 Å². The predicted molar refractivity (Wildman–Crippen MR) is 109 cm³/mol. The molecule has 3 rings (SSSR count). The van der Waals surface area contributed by atoms with Crippen LogP contribution in [0.15, 0.2) is 42.5 Å². The molecule has 2 aromatic carbocycles. The summed E-state index contributed by atoms with van der Waals surface area (Å²) in [5.41, 5.74) is 3.61. The smallest absolute Gasteiger partial charge is 0.319 e. The van der Waals surface area contributed by atoms with E-state index in [-0.39, 0.29) is 11.8 Å². The van der Waals surface area contributed by atoms with Crippen molar-refractivity contribution >= 4 is 34.9 Å². The minimum Gasteiger partial charge on any atom is -0.326 e. The fourth-order valence-electron chi connectivity index (χ4n) is 3.23. The molecule has 27 heavy (non-hydrogen) atoms. The number of hydrogen-bond acceptors (Lipinski definition) is 2. The largest absolute Gasteiger partial charge is 0.326 e. The van der Waals surface area contributed by atoms with E-state index in [0.29, 0.717) is 17.3 Å². The molecule has 1 unspecified atom stereocenters. The number of rotatable bonds is 4. The quantitative estimate of drug-likeness (QED) is 0.820. The molecule has 3 amide bonds. The Kier molecular flexibility index (Phi) is 5.71. The van der Waals surface area contributed by atoms with Crippen LogP contribution in [0, 0.1) is 12.8 Å². The summed E-state index contributed by atoms with van der Waals surface area (Å²) in [7, 11) is 0. The molecular formula is C21H24ClN3O2. The number of benzene rings is 2. The van der Waals surface area contributed by atoms with Gasteiger partial charge in [-0.1, -0.05) is 49.7 Å². The van der Waals surface area contributed by atoms with Gasteiger partial charge in [-0.25, -0.2) is 4.79 Å². The number of amides is 3. The second-order valence-corrected chi connectivity index (χ2v) is 7.56. The number of nitrogens with one attached hydrogen (secondary N) is 2. The van der Waals surface area contributed by atoms with Crippen LogP contribution in [0.2, 0.25) is 5.02 Å². The van der Waals surface area contributed by atoms with Crippen molar-refractivity contribution in [1.29, 1.82) is 0 Å². The Balaban J connectivity index is 1.71. The summed E-state index contributed by atoms with van der Waals surface area (Å²) in [5.74, 6) is -0.135. The van der Waals surface area contributed by atoms with Gasteiger partial charge in [0.25, 0.3) is 0 Å². The van der Waals surface area contributed by atoms with Crippen LogP contribution in [0.1, 0.15) is 25.0 Å². The van der Waals surface area contributed by atoms with Gasteiger partial charge in [0.15, 0.2) is 0 Å². The van der Waals surface area contributed by atoms with Crippen LogP contribution in [-0.4, -0.2) is 24.5 Å². The fourth-order valence-corrected chi connectivity index (χ4v) is 3.41. The van der Waals surface area contributed by atoms with E-state index in [2.05, 4.69) is 10.6 Å². The zero-order valence-corrected chi connectivity index (χ0v) is 16.5. The molecule has 5 nitrogen and oxygen atoms in total. The first-order valence-electron chi connectivity index (χ1n) is 9.09. The zero-order valence-electron chi connectivity index (χ0n) is 15.8. The van der Waals surface area contributed by atoms with E-state index in [0.717, 1.165) is 23.2 Å². The molecule has 0 saturated heterocycles.